The lowest BCUT2D eigenvalue weighted by Gasteiger charge is -2.31. The number of amides is 1. The van der Waals surface area contributed by atoms with Crippen LogP contribution in [0.5, 0.6) is 0 Å². The van der Waals surface area contributed by atoms with Crippen LogP contribution >= 0.6 is 0 Å². The summed E-state index contributed by atoms with van der Waals surface area (Å²) in [6, 6.07) is 9.83. The number of carboxylic acid groups (broad SMARTS) is 1. The molecule has 4 nitrogen and oxygen atoms in total. The van der Waals surface area contributed by atoms with Crippen molar-refractivity contribution in [3.63, 3.8) is 0 Å². The van der Waals surface area contributed by atoms with Gasteiger partial charge in [0.1, 0.15) is 6.10 Å². The number of ether oxygens (including phenoxy) is 1. The van der Waals surface area contributed by atoms with Crippen LogP contribution in [0.3, 0.4) is 0 Å². The van der Waals surface area contributed by atoms with E-state index in [2.05, 4.69) is 0 Å². The van der Waals surface area contributed by atoms with Crippen molar-refractivity contribution < 1.29 is 14.6 Å². The normalized spacial score (nSPS) is 32.0. The van der Waals surface area contributed by atoms with Crippen LogP contribution in [0.15, 0.2) is 30.3 Å². The summed E-state index contributed by atoms with van der Waals surface area (Å²) in [7, 11) is 0. The molecule has 3 rings (SSSR count). The standard InChI is InChI=1S/C12H13NO3/c14-12(15)13-7-9-6-10(13)11(16-9)8-4-2-1-3-5-8/h1-5,9-11H,6-7H2,(H,14,15)/t9-,10-,11+/m0/s1. The molecule has 1 aromatic rings. The molecule has 0 radical (unpaired) electrons. The van der Waals surface area contributed by atoms with Crippen molar-refractivity contribution in [3.8, 4) is 0 Å². The average Bonchev–Trinajstić information content (AvgIpc) is 2.89. The van der Waals surface area contributed by atoms with Gasteiger partial charge in [-0.15, -0.1) is 0 Å². The van der Waals surface area contributed by atoms with Crippen LogP contribution in [0, 0.1) is 0 Å². The number of benzene rings is 1. The van der Waals surface area contributed by atoms with E-state index in [9.17, 15) is 4.79 Å². The predicted octanol–water partition coefficient (Wildman–Crippen LogP) is 1.88. The minimum Gasteiger partial charge on any atom is -0.465 e. The third-order valence-corrected chi connectivity index (χ3v) is 3.37. The van der Waals surface area contributed by atoms with Gasteiger partial charge in [-0.3, -0.25) is 4.90 Å². The highest BCUT2D eigenvalue weighted by Gasteiger charge is 2.48. The smallest absolute Gasteiger partial charge is 0.407 e. The Morgan fingerprint density at radius 1 is 1.38 bits per heavy atom. The van der Waals surface area contributed by atoms with E-state index in [1.54, 1.807) is 0 Å². The van der Waals surface area contributed by atoms with Gasteiger partial charge in [0, 0.05) is 0 Å². The fourth-order valence-corrected chi connectivity index (χ4v) is 2.67. The molecule has 1 N–H and O–H groups in total. The summed E-state index contributed by atoms with van der Waals surface area (Å²) in [5.41, 5.74) is 1.07. The molecular formula is C12H13NO3. The summed E-state index contributed by atoms with van der Waals surface area (Å²) in [6.45, 7) is 0.517. The molecule has 0 aromatic heterocycles. The van der Waals surface area contributed by atoms with Gasteiger partial charge in [0.2, 0.25) is 0 Å². The molecule has 2 saturated heterocycles. The van der Waals surface area contributed by atoms with Gasteiger partial charge in [-0.2, -0.15) is 0 Å². The van der Waals surface area contributed by atoms with Crippen molar-refractivity contribution in [2.24, 2.45) is 0 Å². The van der Waals surface area contributed by atoms with Gasteiger partial charge in [-0.05, 0) is 12.0 Å². The number of fused-ring (bicyclic) bond motifs is 2. The zero-order valence-electron chi connectivity index (χ0n) is 8.74. The van der Waals surface area contributed by atoms with E-state index in [0.717, 1.165) is 12.0 Å². The number of morpholine rings is 1. The minimum atomic E-state index is -0.836. The van der Waals surface area contributed by atoms with Crippen LogP contribution < -0.4 is 0 Å². The van der Waals surface area contributed by atoms with Crippen molar-refractivity contribution >= 4 is 6.09 Å². The van der Waals surface area contributed by atoms with E-state index in [4.69, 9.17) is 9.84 Å². The van der Waals surface area contributed by atoms with Crippen LogP contribution in [0.4, 0.5) is 4.79 Å². The summed E-state index contributed by atoms with van der Waals surface area (Å²) < 4.78 is 5.82. The quantitative estimate of drug-likeness (QED) is 0.784. The number of rotatable bonds is 1. The van der Waals surface area contributed by atoms with Crippen LogP contribution in [0.2, 0.25) is 0 Å². The van der Waals surface area contributed by atoms with Crippen molar-refractivity contribution in [1.82, 2.24) is 4.90 Å². The fourth-order valence-electron chi connectivity index (χ4n) is 2.67. The van der Waals surface area contributed by atoms with Gasteiger partial charge in [0.05, 0.1) is 18.7 Å². The SMILES string of the molecule is O=C(O)N1C[C@@H]2C[C@H]1[C@@H](c1ccccc1)O2. The lowest BCUT2D eigenvalue weighted by molar-refractivity contribution is -0.0287. The van der Waals surface area contributed by atoms with Gasteiger partial charge >= 0.3 is 6.09 Å². The molecular weight excluding hydrogens is 206 g/mol. The van der Waals surface area contributed by atoms with E-state index in [1.165, 1.54) is 4.90 Å². The van der Waals surface area contributed by atoms with Gasteiger partial charge in [0.15, 0.2) is 0 Å². The average molecular weight is 219 g/mol. The van der Waals surface area contributed by atoms with Crippen molar-refractivity contribution in [2.45, 2.75) is 24.7 Å². The third-order valence-electron chi connectivity index (χ3n) is 3.37. The molecule has 2 aliphatic rings. The van der Waals surface area contributed by atoms with Gasteiger partial charge < -0.3 is 9.84 Å². The number of hydrogen-bond donors (Lipinski definition) is 1. The molecule has 2 heterocycles. The Bertz CT molecular complexity index is 406. The van der Waals surface area contributed by atoms with Gasteiger partial charge in [-0.25, -0.2) is 4.79 Å². The molecule has 1 amide bonds. The molecule has 0 aliphatic carbocycles. The van der Waals surface area contributed by atoms with Crippen LogP contribution in [0.25, 0.3) is 0 Å². The molecule has 0 unspecified atom stereocenters. The number of nitrogens with zero attached hydrogens (tertiary/aromatic N) is 1. The molecule has 2 bridgehead atoms. The van der Waals surface area contributed by atoms with Crippen molar-refractivity contribution in [1.29, 1.82) is 0 Å². The Morgan fingerprint density at radius 2 is 2.12 bits per heavy atom. The van der Waals surface area contributed by atoms with Crippen LogP contribution in [-0.2, 0) is 4.74 Å². The second-order valence-corrected chi connectivity index (χ2v) is 4.33. The zero-order chi connectivity index (χ0) is 11.1. The second kappa shape index (κ2) is 3.49. The third kappa shape index (κ3) is 1.38. The Kier molecular flexibility index (Phi) is 2.11. The molecule has 3 atom stereocenters. The van der Waals surface area contributed by atoms with E-state index in [0.29, 0.717) is 6.54 Å². The lowest BCUT2D eigenvalue weighted by Crippen LogP contribution is -2.42. The first-order valence-corrected chi connectivity index (χ1v) is 5.45. The number of hydrogen-bond acceptors (Lipinski definition) is 2. The maximum absolute atomic E-state index is 11.0. The number of likely N-dealkylation sites (tertiary alicyclic amines) is 1. The second-order valence-electron chi connectivity index (χ2n) is 4.33. The highest BCUT2D eigenvalue weighted by molar-refractivity contribution is 5.66. The van der Waals surface area contributed by atoms with E-state index in [1.807, 2.05) is 30.3 Å². The van der Waals surface area contributed by atoms with Gasteiger partial charge in [-0.1, -0.05) is 30.3 Å². The summed E-state index contributed by atoms with van der Waals surface area (Å²) in [6.07, 6.45) is -0.0228. The maximum Gasteiger partial charge on any atom is 0.407 e. The Balaban J connectivity index is 1.87. The molecule has 1 aromatic carbocycles. The molecule has 2 aliphatic heterocycles. The molecule has 0 saturated carbocycles. The highest BCUT2D eigenvalue weighted by Crippen LogP contribution is 2.41. The molecule has 0 spiro atoms. The molecule has 2 fully saturated rings. The lowest BCUT2D eigenvalue weighted by atomic mass is 10.0. The van der Waals surface area contributed by atoms with E-state index in [-0.39, 0.29) is 18.2 Å². The largest absolute Gasteiger partial charge is 0.465 e. The Labute approximate surface area is 93.4 Å². The topological polar surface area (TPSA) is 49.8 Å². The first-order valence-electron chi connectivity index (χ1n) is 5.45. The van der Waals surface area contributed by atoms with Crippen molar-refractivity contribution in [2.75, 3.05) is 6.54 Å². The van der Waals surface area contributed by atoms with E-state index < -0.39 is 6.09 Å². The monoisotopic (exact) mass is 219 g/mol. The van der Waals surface area contributed by atoms with E-state index >= 15 is 0 Å². The predicted molar refractivity (Wildman–Crippen MR) is 57.2 cm³/mol. The number of carbonyl (C=O) groups is 1. The summed E-state index contributed by atoms with van der Waals surface area (Å²) in [4.78, 5) is 12.5. The summed E-state index contributed by atoms with van der Waals surface area (Å²) >= 11 is 0. The first kappa shape index (κ1) is 9.66. The van der Waals surface area contributed by atoms with Crippen molar-refractivity contribution in [3.05, 3.63) is 35.9 Å². The molecule has 84 valence electrons. The summed E-state index contributed by atoms with van der Waals surface area (Å²) in [5.74, 6) is 0. The minimum absolute atomic E-state index is 0.00935. The molecule has 4 heteroatoms. The van der Waals surface area contributed by atoms with Crippen LogP contribution in [0.1, 0.15) is 18.1 Å². The zero-order valence-corrected chi connectivity index (χ0v) is 8.74. The highest BCUT2D eigenvalue weighted by atomic mass is 16.5. The van der Waals surface area contributed by atoms with Crippen LogP contribution in [-0.4, -0.2) is 34.8 Å². The van der Waals surface area contributed by atoms with Gasteiger partial charge in [0.25, 0.3) is 0 Å². The Hall–Kier alpha value is -1.55. The first-order chi connectivity index (χ1) is 7.75. The summed E-state index contributed by atoms with van der Waals surface area (Å²) in [5, 5.41) is 9.07. The maximum atomic E-state index is 11.0. The Morgan fingerprint density at radius 3 is 2.75 bits per heavy atom. The molecule has 16 heavy (non-hydrogen) atoms. The fraction of sp³-hybridized carbons (Fsp3) is 0.417.